The summed E-state index contributed by atoms with van der Waals surface area (Å²) in [5.41, 5.74) is -0.0401. The van der Waals surface area contributed by atoms with Crippen molar-refractivity contribution in [2.75, 3.05) is 4.72 Å². The second-order valence-electron chi connectivity index (χ2n) is 3.80. The first kappa shape index (κ1) is 16.6. The number of pyridine rings is 1. The van der Waals surface area contributed by atoms with E-state index >= 15 is 0 Å². The zero-order chi connectivity index (χ0) is 15.8. The van der Waals surface area contributed by atoms with Crippen LogP contribution >= 0.6 is 43.5 Å². The van der Waals surface area contributed by atoms with Crippen molar-refractivity contribution >= 4 is 59.2 Å². The molecule has 1 N–H and O–H groups in total. The molecule has 0 saturated carbocycles. The number of benzene rings is 1. The van der Waals surface area contributed by atoms with Crippen LogP contribution in [0.2, 0.25) is 5.15 Å². The predicted molar refractivity (Wildman–Crippen MR) is 81.8 cm³/mol. The Morgan fingerprint density at radius 3 is 2.48 bits per heavy atom. The smallest absolute Gasteiger partial charge is 0.266 e. The Kier molecular flexibility index (Phi) is 4.86. The van der Waals surface area contributed by atoms with Crippen LogP contribution in [0, 0.1) is 11.6 Å². The number of anilines is 1. The van der Waals surface area contributed by atoms with Gasteiger partial charge in [0.1, 0.15) is 16.5 Å². The predicted octanol–water partition coefficient (Wildman–Crippen LogP) is 4.34. The molecule has 0 aliphatic carbocycles. The van der Waals surface area contributed by atoms with Crippen LogP contribution in [-0.2, 0) is 10.0 Å². The number of halogens is 5. The van der Waals surface area contributed by atoms with Crippen molar-refractivity contribution in [3.63, 3.8) is 0 Å². The van der Waals surface area contributed by atoms with Crippen molar-refractivity contribution in [1.29, 1.82) is 0 Å². The van der Waals surface area contributed by atoms with Crippen LogP contribution in [0.1, 0.15) is 0 Å². The highest BCUT2D eigenvalue weighted by Crippen LogP contribution is 2.30. The van der Waals surface area contributed by atoms with Crippen LogP contribution in [0.3, 0.4) is 0 Å². The molecule has 0 aliphatic heterocycles. The van der Waals surface area contributed by atoms with E-state index in [0.29, 0.717) is 10.5 Å². The summed E-state index contributed by atoms with van der Waals surface area (Å²) in [5, 5.41) is -0.111. The zero-order valence-electron chi connectivity index (χ0n) is 9.87. The second kappa shape index (κ2) is 6.15. The van der Waals surface area contributed by atoms with E-state index in [1.165, 1.54) is 12.3 Å². The zero-order valence-corrected chi connectivity index (χ0v) is 14.6. The molecule has 4 nitrogen and oxygen atoms in total. The molecule has 1 heterocycles. The SMILES string of the molecule is O=S(=O)(Nc1cc(Br)cnc1Cl)c1c(F)cc(F)cc1Br. The van der Waals surface area contributed by atoms with Crippen molar-refractivity contribution < 1.29 is 17.2 Å². The summed E-state index contributed by atoms with van der Waals surface area (Å²) in [5.74, 6) is -2.13. The molecule has 1 aromatic carbocycles. The molecule has 0 aliphatic rings. The first-order chi connectivity index (χ1) is 9.70. The van der Waals surface area contributed by atoms with Crippen LogP contribution < -0.4 is 4.72 Å². The minimum atomic E-state index is -4.31. The van der Waals surface area contributed by atoms with Gasteiger partial charge >= 0.3 is 0 Å². The van der Waals surface area contributed by atoms with Gasteiger partial charge in [-0.1, -0.05) is 11.6 Å². The normalized spacial score (nSPS) is 11.5. The van der Waals surface area contributed by atoms with Crippen LogP contribution in [0.15, 0.2) is 38.2 Å². The molecule has 1 aromatic heterocycles. The van der Waals surface area contributed by atoms with Crippen molar-refractivity contribution in [3.05, 3.63) is 50.1 Å². The van der Waals surface area contributed by atoms with E-state index in [-0.39, 0.29) is 15.3 Å². The Labute approximate surface area is 140 Å². The lowest BCUT2D eigenvalue weighted by molar-refractivity contribution is 0.548. The molecular weight excluding hydrogens is 457 g/mol. The molecule has 0 saturated heterocycles. The van der Waals surface area contributed by atoms with Crippen molar-refractivity contribution in [3.8, 4) is 0 Å². The van der Waals surface area contributed by atoms with Gasteiger partial charge in [0.25, 0.3) is 10.0 Å². The van der Waals surface area contributed by atoms with Crippen molar-refractivity contribution in [1.82, 2.24) is 4.98 Å². The molecule has 2 aromatic rings. The van der Waals surface area contributed by atoms with Crippen LogP contribution in [0.4, 0.5) is 14.5 Å². The molecule has 10 heteroatoms. The highest BCUT2D eigenvalue weighted by molar-refractivity contribution is 9.10. The largest absolute Gasteiger partial charge is 0.276 e. The van der Waals surface area contributed by atoms with Crippen LogP contribution in [0.25, 0.3) is 0 Å². The summed E-state index contributed by atoms with van der Waals surface area (Å²) < 4.78 is 53.5. The molecule has 0 amide bonds. The molecule has 0 atom stereocenters. The van der Waals surface area contributed by atoms with Crippen molar-refractivity contribution in [2.24, 2.45) is 0 Å². The van der Waals surface area contributed by atoms with Gasteiger partial charge in [0.2, 0.25) is 0 Å². The van der Waals surface area contributed by atoms with Gasteiger partial charge in [-0.25, -0.2) is 22.2 Å². The third-order valence-electron chi connectivity index (χ3n) is 2.28. The minimum absolute atomic E-state index is 0.0401. The maximum Gasteiger partial charge on any atom is 0.266 e. The molecule has 0 radical (unpaired) electrons. The summed E-state index contributed by atoms with van der Waals surface area (Å²) >= 11 is 11.7. The Balaban J connectivity index is 2.51. The standard InChI is InChI=1S/C11H5Br2ClF2N2O2S/c12-5-1-9(11(14)17-4-5)18-21(19,20)10-7(13)2-6(15)3-8(10)16/h1-4,18H. The summed E-state index contributed by atoms with van der Waals surface area (Å²) in [6.45, 7) is 0. The van der Waals surface area contributed by atoms with Crippen molar-refractivity contribution in [2.45, 2.75) is 4.90 Å². The second-order valence-corrected chi connectivity index (χ2v) is 7.54. The minimum Gasteiger partial charge on any atom is -0.276 e. The number of sulfonamides is 1. The number of nitrogens with zero attached hydrogens (tertiary/aromatic N) is 1. The molecule has 0 bridgehead atoms. The number of aromatic nitrogens is 1. The average molecular weight is 462 g/mol. The topological polar surface area (TPSA) is 59.1 Å². The molecular formula is C11H5Br2ClF2N2O2S. The third-order valence-corrected chi connectivity index (χ3v) is 5.35. The van der Waals surface area contributed by atoms with Gasteiger partial charge in [0.05, 0.1) is 5.69 Å². The third kappa shape index (κ3) is 3.71. The van der Waals surface area contributed by atoms with E-state index in [1.807, 2.05) is 0 Å². The maximum absolute atomic E-state index is 13.7. The quantitative estimate of drug-likeness (QED) is 0.691. The molecule has 0 fully saturated rings. The lowest BCUT2D eigenvalue weighted by atomic mass is 10.3. The summed E-state index contributed by atoms with van der Waals surface area (Å²) in [7, 11) is -4.31. The van der Waals surface area contributed by atoms with Gasteiger partial charge in [-0.2, -0.15) is 0 Å². The van der Waals surface area contributed by atoms with Gasteiger partial charge in [-0.05, 0) is 44.0 Å². The van der Waals surface area contributed by atoms with E-state index in [2.05, 4.69) is 41.6 Å². The van der Waals surface area contributed by atoms with E-state index < -0.39 is 26.6 Å². The van der Waals surface area contributed by atoms with E-state index in [1.54, 1.807) is 0 Å². The van der Waals surface area contributed by atoms with Gasteiger partial charge in [-0.15, -0.1) is 0 Å². The summed E-state index contributed by atoms with van der Waals surface area (Å²) in [4.78, 5) is 3.02. The molecule has 21 heavy (non-hydrogen) atoms. The van der Waals surface area contributed by atoms with Gasteiger partial charge in [0, 0.05) is 21.2 Å². The molecule has 112 valence electrons. The first-order valence-electron chi connectivity index (χ1n) is 5.19. The Bertz CT molecular complexity index is 795. The van der Waals surface area contributed by atoms with Crippen LogP contribution in [0.5, 0.6) is 0 Å². The molecule has 2 rings (SSSR count). The fourth-order valence-corrected chi connectivity index (χ4v) is 4.24. The van der Waals surface area contributed by atoms with E-state index in [0.717, 1.165) is 6.07 Å². The number of nitrogens with one attached hydrogen (secondary N) is 1. The molecule has 0 unspecified atom stereocenters. The Hall–Kier alpha value is -0.770. The van der Waals surface area contributed by atoms with E-state index in [4.69, 9.17) is 11.6 Å². The lowest BCUT2D eigenvalue weighted by Gasteiger charge is -2.11. The number of rotatable bonds is 3. The van der Waals surface area contributed by atoms with Crippen LogP contribution in [-0.4, -0.2) is 13.4 Å². The number of hydrogen-bond donors (Lipinski definition) is 1. The summed E-state index contributed by atoms with van der Waals surface area (Å²) in [6, 6.07) is 2.68. The lowest BCUT2D eigenvalue weighted by Crippen LogP contribution is -2.16. The monoisotopic (exact) mass is 460 g/mol. The fraction of sp³-hybridized carbons (Fsp3) is 0. The number of hydrogen-bond acceptors (Lipinski definition) is 3. The first-order valence-corrected chi connectivity index (χ1v) is 8.64. The van der Waals surface area contributed by atoms with Gasteiger partial charge < -0.3 is 0 Å². The molecule has 0 spiro atoms. The highest BCUT2D eigenvalue weighted by atomic mass is 79.9. The maximum atomic E-state index is 13.7. The highest BCUT2D eigenvalue weighted by Gasteiger charge is 2.24. The van der Waals surface area contributed by atoms with Gasteiger partial charge in [-0.3, -0.25) is 4.72 Å². The average Bonchev–Trinajstić information content (AvgIpc) is 2.31. The Morgan fingerprint density at radius 2 is 1.86 bits per heavy atom. The van der Waals surface area contributed by atoms with E-state index in [9.17, 15) is 17.2 Å². The fourth-order valence-electron chi connectivity index (χ4n) is 1.48. The summed E-state index contributed by atoms with van der Waals surface area (Å²) in [6.07, 6.45) is 1.37. The van der Waals surface area contributed by atoms with Gasteiger partial charge in [0.15, 0.2) is 5.15 Å². The Morgan fingerprint density at radius 1 is 1.19 bits per heavy atom.